The quantitative estimate of drug-likeness (QED) is 0.855. The van der Waals surface area contributed by atoms with Gasteiger partial charge in [-0.3, -0.25) is 4.90 Å². The zero-order valence-corrected chi connectivity index (χ0v) is 13.5. The Labute approximate surface area is 136 Å². The Bertz CT molecular complexity index is 587. The lowest BCUT2D eigenvalue weighted by atomic mass is 9.82. The molecule has 0 unspecified atom stereocenters. The summed E-state index contributed by atoms with van der Waals surface area (Å²) >= 11 is 0. The van der Waals surface area contributed by atoms with E-state index in [0.29, 0.717) is 25.4 Å². The predicted octanol–water partition coefficient (Wildman–Crippen LogP) is 1.83. The molecule has 1 fully saturated rings. The molecule has 6 nitrogen and oxygen atoms in total. The lowest BCUT2D eigenvalue weighted by Gasteiger charge is -2.49. The summed E-state index contributed by atoms with van der Waals surface area (Å²) in [5.74, 6) is 0. The van der Waals surface area contributed by atoms with Gasteiger partial charge >= 0.3 is 6.09 Å². The average molecular weight is 325 g/mol. The molecule has 2 aliphatic heterocycles. The Kier molecular flexibility index (Phi) is 4.99. The van der Waals surface area contributed by atoms with Crippen LogP contribution >= 0.6 is 12.4 Å². The number of nitrogens with one attached hydrogen (secondary N) is 1. The van der Waals surface area contributed by atoms with Crippen LogP contribution in [0.4, 0.5) is 4.79 Å². The third-order valence-electron chi connectivity index (χ3n) is 4.55. The second kappa shape index (κ2) is 6.59. The zero-order chi connectivity index (χ0) is 14.9. The molecule has 2 aliphatic rings. The van der Waals surface area contributed by atoms with Gasteiger partial charge in [-0.2, -0.15) is 5.26 Å². The highest BCUT2D eigenvalue weighted by molar-refractivity contribution is 5.85. The predicted molar refractivity (Wildman–Crippen MR) is 83.9 cm³/mol. The van der Waals surface area contributed by atoms with Crippen molar-refractivity contribution in [3.05, 3.63) is 23.5 Å². The number of hydrogen-bond acceptors (Lipinski definition) is 4. The fourth-order valence-electron chi connectivity index (χ4n) is 3.60. The summed E-state index contributed by atoms with van der Waals surface area (Å²) in [6.45, 7) is 5.18. The van der Waals surface area contributed by atoms with Crippen LogP contribution in [-0.2, 0) is 16.8 Å². The van der Waals surface area contributed by atoms with Gasteiger partial charge in [0.05, 0.1) is 12.1 Å². The molecule has 1 amide bonds. The van der Waals surface area contributed by atoms with Crippen molar-refractivity contribution >= 4 is 18.5 Å². The van der Waals surface area contributed by atoms with Gasteiger partial charge in [0.25, 0.3) is 0 Å². The number of hydrogen-bond donors (Lipinski definition) is 1. The number of nitriles is 1. The van der Waals surface area contributed by atoms with Crippen molar-refractivity contribution in [1.82, 2.24) is 14.8 Å². The zero-order valence-electron chi connectivity index (χ0n) is 12.7. The molecule has 1 aromatic rings. The molecule has 120 valence electrons. The number of piperidine rings is 1. The van der Waals surface area contributed by atoms with E-state index in [4.69, 9.17) is 4.74 Å². The van der Waals surface area contributed by atoms with Crippen LogP contribution < -0.4 is 5.32 Å². The minimum absolute atomic E-state index is 0. The summed E-state index contributed by atoms with van der Waals surface area (Å²) in [6, 6.07) is 6.09. The van der Waals surface area contributed by atoms with Crippen LogP contribution in [0, 0.1) is 11.3 Å². The molecule has 1 N–H and O–H groups in total. The summed E-state index contributed by atoms with van der Waals surface area (Å²) in [7, 11) is 0. The van der Waals surface area contributed by atoms with Crippen molar-refractivity contribution in [3.8, 4) is 6.07 Å². The first-order valence-electron chi connectivity index (χ1n) is 7.48. The topological polar surface area (TPSA) is 70.3 Å². The molecule has 1 saturated heterocycles. The highest BCUT2D eigenvalue weighted by Crippen LogP contribution is 2.41. The Morgan fingerprint density at radius 3 is 2.77 bits per heavy atom. The molecule has 0 saturated carbocycles. The summed E-state index contributed by atoms with van der Waals surface area (Å²) < 4.78 is 7.31. The Balaban J connectivity index is 0.00000176. The van der Waals surface area contributed by atoms with Crippen molar-refractivity contribution in [1.29, 1.82) is 5.26 Å². The number of halogens is 1. The largest absolute Gasteiger partial charge is 0.450 e. The minimum Gasteiger partial charge on any atom is -0.450 e. The maximum Gasteiger partial charge on any atom is 0.410 e. The monoisotopic (exact) mass is 324 g/mol. The standard InChI is InChI=1S/C15H20N4O2.ClH/c1-2-21-14(20)19-10-9-18-12(11-16)3-4-13(18)15(19)5-7-17-8-6-15;/h3-4,17H,2,5-10H2,1H3;1H. The van der Waals surface area contributed by atoms with E-state index in [2.05, 4.69) is 16.0 Å². The van der Waals surface area contributed by atoms with Gasteiger partial charge in [-0.25, -0.2) is 4.79 Å². The van der Waals surface area contributed by atoms with Crippen LogP contribution in [0.3, 0.4) is 0 Å². The van der Waals surface area contributed by atoms with Crippen molar-refractivity contribution < 1.29 is 9.53 Å². The molecule has 22 heavy (non-hydrogen) atoms. The third-order valence-corrected chi connectivity index (χ3v) is 4.55. The Morgan fingerprint density at radius 1 is 1.41 bits per heavy atom. The van der Waals surface area contributed by atoms with Crippen molar-refractivity contribution in [2.24, 2.45) is 0 Å². The first-order valence-corrected chi connectivity index (χ1v) is 7.48. The minimum atomic E-state index is -0.342. The van der Waals surface area contributed by atoms with E-state index in [0.717, 1.165) is 31.6 Å². The number of aromatic nitrogens is 1. The van der Waals surface area contributed by atoms with Gasteiger partial charge in [-0.1, -0.05) is 0 Å². The molecule has 1 aromatic heterocycles. The highest BCUT2D eigenvalue weighted by Gasteiger charge is 2.47. The maximum absolute atomic E-state index is 12.4. The summed E-state index contributed by atoms with van der Waals surface area (Å²) in [4.78, 5) is 14.2. The van der Waals surface area contributed by atoms with Crippen molar-refractivity contribution in [2.45, 2.75) is 31.8 Å². The van der Waals surface area contributed by atoms with E-state index in [9.17, 15) is 10.1 Å². The molecule has 0 atom stereocenters. The second-order valence-corrected chi connectivity index (χ2v) is 5.50. The number of carbonyl (C=O) groups excluding carboxylic acids is 1. The van der Waals surface area contributed by atoms with Gasteiger partial charge in [-0.05, 0) is 45.0 Å². The fraction of sp³-hybridized carbons (Fsp3) is 0.600. The number of nitrogens with zero attached hydrogens (tertiary/aromatic N) is 3. The summed E-state index contributed by atoms with van der Waals surface area (Å²) in [6.07, 6.45) is 1.45. The van der Waals surface area contributed by atoms with E-state index in [-0.39, 0.29) is 24.0 Å². The molecule has 1 spiro atoms. The molecular weight excluding hydrogens is 304 g/mol. The molecule has 0 bridgehead atoms. The lowest BCUT2D eigenvalue weighted by Crippen LogP contribution is -2.58. The molecule has 0 aliphatic carbocycles. The number of rotatable bonds is 1. The van der Waals surface area contributed by atoms with Crippen molar-refractivity contribution in [2.75, 3.05) is 26.2 Å². The van der Waals surface area contributed by atoms with Gasteiger partial charge in [0.15, 0.2) is 0 Å². The number of fused-ring (bicyclic) bond motifs is 2. The molecule has 0 aromatic carbocycles. The van der Waals surface area contributed by atoms with Gasteiger partial charge in [0, 0.05) is 18.8 Å². The number of ether oxygens (including phenoxy) is 1. The van der Waals surface area contributed by atoms with Crippen LogP contribution in [0.1, 0.15) is 31.2 Å². The van der Waals surface area contributed by atoms with E-state index in [1.165, 1.54) is 0 Å². The van der Waals surface area contributed by atoms with Gasteiger partial charge in [0.1, 0.15) is 11.8 Å². The molecule has 3 heterocycles. The highest BCUT2D eigenvalue weighted by atomic mass is 35.5. The van der Waals surface area contributed by atoms with Gasteiger partial charge in [-0.15, -0.1) is 12.4 Å². The second-order valence-electron chi connectivity index (χ2n) is 5.50. The van der Waals surface area contributed by atoms with Crippen LogP contribution in [0.5, 0.6) is 0 Å². The Morgan fingerprint density at radius 2 is 2.14 bits per heavy atom. The maximum atomic E-state index is 12.4. The molecule has 0 radical (unpaired) electrons. The average Bonchev–Trinajstić information content (AvgIpc) is 2.93. The lowest BCUT2D eigenvalue weighted by molar-refractivity contribution is 0.0142. The van der Waals surface area contributed by atoms with Gasteiger partial charge in [0.2, 0.25) is 0 Å². The SMILES string of the molecule is CCOC(=O)N1CCn2c(C#N)ccc2C12CCNCC2.Cl. The van der Waals surface area contributed by atoms with Crippen molar-refractivity contribution in [3.63, 3.8) is 0 Å². The summed E-state index contributed by atoms with van der Waals surface area (Å²) in [5, 5.41) is 12.6. The number of amides is 1. The molecular formula is C15H21ClN4O2. The van der Waals surface area contributed by atoms with Gasteiger partial charge < -0.3 is 14.6 Å². The Hall–Kier alpha value is -1.71. The van der Waals surface area contributed by atoms with Crippen LogP contribution in [-0.4, -0.2) is 41.8 Å². The third kappa shape index (κ3) is 2.44. The normalized spacial score (nSPS) is 19.0. The molecule has 3 rings (SSSR count). The summed E-state index contributed by atoms with van der Waals surface area (Å²) in [5.41, 5.74) is 1.40. The number of carbonyl (C=O) groups is 1. The van der Waals surface area contributed by atoms with Crippen LogP contribution in [0.25, 0.3) is 0 Å². The first-order chi connectivity index (χ1) is 10.2. The first kappa shape index (κ1) is 16.7. The van der Waals surface area contributed by atoms with E-state index < -0.39 is 0 Å². The van der Waals surface area contributed by atoms with E-state index in [1.54, 1.807) is 0 Å². The van der Waals surface area contributed by atoms with E-state index >= 15 is 0 Å². The fourth-order valence-corrected chi connectivity index (χ4v) is 3.60. The van der Waals surface area contributed by atoms with Crippen LogP contribution in [0.2, 0.25) is 0 Å². The van der Waals surface area contributed by atoms with E-state index in [1.807, 2.05) is 24.0 Å². The molecule has 7 heteroatoms. The van der Waals surface area contributed by atoms with Crippen LogP contribution in [0.15, 0.2) is 12.1 Å². The smallest absolute Gasteiger partial charge is 0.410 e.